The second kappa shape index (κ2) is 11.8. The predicted octanol–water partition coefficient (Wildman–Crippen LogP) is 3.42. The van der Waals surface area contributed by atoms with Gasteiger partial charge in [0.1, 0.15) is 17.7 Å². The van der Waals surface area contributed by atoms with Crippen molar-refractivity contribution in [2.24, 2.45) is 0 Å². The molecule has 0 radical (unpaired) electrons. The summed E-state index contributed by atoms with van der Waals surface area (Å²) in [6.07, 6.45) is -0.666. The number of hydrazine groups is 1. The highest BCUT2D eigenvalue weighted by molar-refractivity contribution is 7.98. The Morgan fingerprint density at radius 3 is 2.43 bits per heavy atom. The smallest absolute Gasteiger partial charge is 0.333 e. The molecule has 0 aliphatic carbocycles. The third-order valence-corrected chi connectivity index (χ3v) is 7.36. The lowest BCUT2D eigenvalue weighted by atomic mass is 10.1. The quantitative estimate of drug-likeness (QED) is 0.443. The molecule has 0 unspecified atom stereocenters. The number of amides is 4. The number of allylic oxidation sites excluding steroid dienone is 1. The molecule has 0 spiro atoms. The average molecular weight is 526 g/mol. The number of piperazine rings is 1. The molecule has 196 valence electrons. The largest absolute Gasteiger partial charge is 0.334 e. The van der Waals surface area contributed by atoms with Crippen molar-refractivity contribution in [2.45, 2.75) is 32.3 Å². The van der Waals surface area contributed by atoms with E-state index in [9.17, 15) is 18.8 Å². The van der Waals surface area contributed by atoms with Crippen molar-refractivity contribution >= 4 is 29.6 Å². The molecule has 2 aliphatic heterocycles. The molecule has 0 bridgehead atoms. The first-order chi connectivity index (χ1) is 17.8. The first kappa shape index (κ1) is 26.7. The molecule has 0 aromatic heterocycles. The van der Waals surface area contributed by atoms with Crippen molar-refractivity contribution in [1.82, 2.24) is 25.1 Å². The molecule has 1 atom stereocenters. The van der Waals surface area contributed by atoms with Crippen LogP contribution in [0.4, 0.5) is 9.18 Å². The van der Waals surface area contributed by atoms with Gasteiger partial charge in [0.25, 0.3) is 5.91 Å². The van der Waals surface area contributed by atoms with E-state index in [1.807, 2.05) is 32.0 Å². The second-order valence-corrected chi connectivity index (χ2v) is 10.4. The molecule has 10 heteroatoms. The van der Waals surface area contributed by atoms with E-state index < -0.39 is 12.2 Å². The van der Waals surface area contributed by atoms with E-state index in [1.165, 1.54) is 27.6 Å². The number of carbonyl (C=O) groups is 3. The number of urea groups is 1. The fraction of sp³-hybridized carbons (Fsp3) is 0.370. The van der Waals surface area contributed by atoms with Gasteiger partial charge in [-0.15, -0.1) is 0 Å². The lowest BCUT2D eigenvalue weighted by molar-refractivity contribution is -0.170. The zero-order chi connectivity index (χ0) is 26.5. The molecule has 2 fully saturated rings. The number of likely N-dealkylation sites (N-methyl/N-ethyl adjacent to an activating group) is 1. The molecule has 37 heavy (non-hydrogen) atoms. The summed E-state index contributed by atoms with van der Waals surface area (Å²) in [6, 6.07) is 15.7. The van der Waals surface area contributed by atoms with Gasteiger partial charge in [0.15, 0.2) is 0 Å². The minimum absolute atomic E-state index is 0.0303. The minimum atomic E-state index is -0.666. The van der Waals surface area contributed by atoms with Crippen LogP contribution in [0.1, 0.15) is 25.0 Å². The third kappa shape index (κ3) is 6.14. The van der Waals surface area contributed by atoms with Gasteiger partial charge in [0.2, 0.25) is 5.91 Å². The highest BCUT2D eigenvalue weighted by atomic mass is 32.2. The summed E-state index contributed by atoms with van der Waals surface area (Å²) >= 11 is 1.74. The molecule has 2 aliphatic rings. The summed E-state index contributed by atoms with van der Waals surface area (Å²) in [7, 11) is 1.69. The van der Waals surface area contributed by atoms with Crippen LogP contribution in [0.15, 0.2) is 65.9 Å². The predicted molar refractivity (Wildman–Crippen MR) is 141 cm³/mol. The van der Waals surface area contributed by atoms with Crippen LogP contribution in [0.3, 0.4) is 0 Å². The number of benzene rings is 2. The van der Waals surface area contributed by atoms with E-state index in [4.69, 9.17) is 0 Å². The summed E-state index contributed by atoms with van der Waals surface area (Å²) in [6.45, 7) is 4.50. The van der Waals surface area contributed by atoms with E-state index >= 15 is 0 Å². The SMILES string of the molecule is CC(C)=C1C(=O)N(CCSCc2ccccc2)C[C@H]2N1C(=O)CN(C)N2C(=O)NCc1ccc(F)cc1. The van der Waals surface area contributed by atoms with Gasteiger partial charge in [0.05, 0.1) is 13.1 Å². The fourth-order valence-corrected chi connectivity index (χ4v) is 5.48. The molecule has 2 aromatic rings. The van der Waals surface area contributed by atoms with E-state index in [1.54, 1.807) is 40.9 Å². The number of hydrogen-bond donors (Lipinski definition) is 1. The summed E-state index contributed by atoms with van der Waals surface area (Å²) < 4.78 is 13.2. The van der Waals surface area contributed by atoms with E-state index in [2.05, 4.69) is 17.4 Å². The minimum Gasteiger partial charge on any atom is -0.333 e. The van der Waals surface area contributed by atoms with Crippen molar-refractivity contribution < 1.29 is 18.8 Å². The van der Waals surface area contributed by atoms with Crippen LogP contribution in [0.5, 0.6) is 0 Å². The summed E-state index contributed by atoms with van der Waals surface area (Å²) in [5, 5.41) is 5.96. The Bertz CT molecular complexity index is 1170. The standard InChI is InChI=1S/C27H32FN5O3S/c1-19(2)25-26(35)31(13-14-37-18-21-7-5-4-6-8-21)16-23-32(25)24(34)17-30(3)33(23)27(36)29-15-20-9-11-22(28)12-10-20/h4-12,23H,13-18H2,1-3H3,(H,29,36)/t23-/m0/s1. The van der Waals surface area contributed by atoms with Gasteiger partial charge in [-0.25, -0.2) is 19.2 Å². The Hall–Kier alpha value is -3.37. The molecule has 2 heterocycles. The molecular formula is C27H32FN5O3S. The van der Waals surface area contributed by atoms with Crippen molar-refractivity contribution in [3.05, 3.63) is 82.8 Å². The highest BCUT2D eigenvalue weighted by Gasteiger charge is 2.48. The van der Waals surface area contributed by atoms with Gasteiger partial charge in [0, 0.05) is 31.6 Å². The molecule has 1 N–H and O–H groups in total. The monoisotopic (exact) mass is 525 g/mol. The molecule has 4 rings (SSSR count). The second-order valence-electron chi connectivity index (χ2n) is 9.33. The van der Waals surface area contributed by atoms with Crippen LogP contribution in [0.25, 0.3) is 0 Å². The Balaban J connectivity index is 1.49. The first-order valence-electron chi connectivity index (χ1n) is 12.2. The van der Waals surface area contributed by atoms with Crippen molar-refractivity contribution in [1.29, 1.82) is 0 Å². The van der Waals surface area contributed by atoms with Crippen LogP contribution in [-0.2, 0) is 21.9 Å². The zero-order valence-corrected chi connectivity index (χ0v) is 22.1. The van der Waals surface area contributed by atoms with Crippen molar-refractivity contribution in [3.63, 3.8) is 0 Å². The van der Waals surface area contributed by atoms with Crippen LogP contribution < -0.4 is 5.32 Å². The van der Waals surface area contributed by atoms with Gasteiger partial charge in [-0.1, -0.05) is 42.5 Å². The van der Waals surface area contributed by atoms with Gasteiger partial charge >= 0.3 is 6.03 Å². The molecule has 2 aromatic carbocycles. The Morgan fingerprint density at radius 2 is 1.76 bits per heavy atom. The summed E-state index contributed by atoms with van der Waals surface area (Å²) in [4.78, 5) is 43.0. The van der Waals surface area contributed by atoms with E-state index in [-0.39, 0.29) is 37.3 Å². The lowest BCUT2D eigenvalue weighted by Gasteiger charge is -2.52. The topological polar surface area (TPSA) is 76.2 Å². The molecule has 2 saturated heterocycles. The number of nitrogens with one attached hydrogen (secondary N) is 1. The van der Waals surface area contributed by atoms with Crippen molar-refractivity contribution in [3.8, 4) is 0 Å². The Labute approximate surface area is 221 Å². The fourth-order valence-electron chi connectivity index (χ4n) is 4.55. The first-order valence-corrected chi connectivity index (χ1v) is 13.3. The lowest BCUT2D eigenvalue weighted by Crippen LogP contribution is -2.72. The Kier molecular flexibility index (Phi) is 8.50. The number of halogens is 1. The van der Waals surface area contributed by atoms with E-state index in [0.717, 1.165) is 22.6 Å². The third-order valence-electron chi connectivity index (χ3n) is 6.35. The molecule has 8 nitrogen and oxygen atoms in total. The number of fused-ring (bicyclic) bond motifs is 1. The maximum absolute atomic E-state index is 13.4. The Morgan fingerprint density at radius 1 is 1.05 bits per heavy atom. The summed E-state index contributed by atoms with van der Waals surface area (Å²) in [5.41, 5.74) is 3.03. The zero-order valence-electron chi connectivity index (χ0n) is 21.3. The van der Waals surface area contributed by atoms with Crippen LogP contribution in [0.2, 0.25) is 0 Å². The van der Waals surface area contributed by atoms with Crippen molar-refractivity contribution in [2.75, 3.05) is 32.4 Å². The normalized spacial score (nSPS) is 18.2. The number of hydrogen-bond acceptors (Lipinski definition) is 5. The van der Waals surface area contributed by atoms with Gasteiger partial charge < -0.3 is 10.2 Å². The molecule has 0 saturated carbocycles. The van der Waals surface area contributed by atoms with Crippen LogP contribution in [0, 0.1) is 5.82 Å². The number of carbonyl (C=O) groups excluding carboxylic acids is 3. The maximum Gasteiger partial charge on any atom is 0.334 e. The summed E-state index contributed by atoms with van der Waals surface area (Å²) in [5.74, 6) is 0.804. The highest BCUT2D eigenvalue weighted by Crippen LogP contribution is 2.30. The van der Waals surface area contributed by atoms with Gasteiger partial charge in [-0.2, -0.15) is 11.8 Å². The molecular weight excluding hydrogens is 493 g/mol. The van der Waals surface area contributed by atoms with Gasteiger partial charge in [-0.3, -0.25) is 14.5 Å². The van der Waals surface area contributed by atoms with Crippen LogP contribution >= 0.6 is 11.8 Å². The number of rotatable bonds is 7. The maximum atomic E-state index is 13.4. The molecule has 4 amide bonds. The number of nitrogens with zero attached hydrogens (tertiary/aromatic N) is 4. The van der Waals surface area contributed by atoms with Crippen LogP contribution in [-0.4, -0.2) is 76.3 Å². The van der Waals surface area contributed by atoms with Gasteiger partial charge in [-0.05, 0) is 42.7 Å². The van der Waals surface area contributed by atoms with E-state index in [0.29, 0.717) is 12.2 Å². The average Bonchev–Trinajstić information content (AvgIpc) is 2.87. The number of thioether (sulfide) groups is 1.